The highest BCUT2D eigenvalue weighted by atomic mass is 127. The van der Waals surface area contributed by atoms with Crippen molar-refractivity contribution in [3.05, 3.63) is 24.3 Å². The summed E-state index contributed by atoms with van der Waals surface area (Å²) in [5, 5.41) is 0. The molecule has 0 nitrogen and oxygen atoms in total. The lowest BCUT2D eigenvalue weighted by Crippen LogP contribution is -1.65. The second-order valence-electron chi connectivity index (χ2n) is 1.73. The third-order valence-electron chi connectivity index (χ3n) is 0.678. The van der Waals surface area contributed by atoms with E-state index >= 15 is 0 Å². The Balaban J connectivity index is 3.20. The molecule has 0 aliphatic rings. The summed E-state index contributed by atoms with van der Waals surface area (Å²) in [5.74, 6) is 0. The van der Waals surface area contributed by atoms with Crippen LogP contribution in [0.5, 0.6) is 0 Å². The molecule has 46 valence electrons. The molecule has 0 spiro atoms. The van der Waals surface area contributed by atoms with Crippen LogP contribution in [0.2, 0.25) is 0 Å². The van der Waals surface area contributed by atoms with Crippen LogP contribution in [0.4, 0.5) is 0 Å². The van der Waals surface area contributed by atoms with E-state index in [4.69, 9.17) is 0 Å². The van der Waals surface area contributed by atoms with Crippen molar-refractivity contribution in [3.63, 3.8) is 0 Å². The highest BCUT2D eigenvalue weighted by Gasteiger charge is 1.73. The minimum absolute atomic E-state index is 1.13. The average Bonchev–Trinajstić information content (AvgIpc) is 1.66. The molecule has 0 bridgehead atoms. The summed E-state index contributed by atoms with van der Waals surface area (Å²) in [5.41, 5.74) is 1.13. The van der Waals surface area contributed by atoms with Gasteiger partial charge in [0.05, 0.1) is 0 Å². The first-order valence-corrected chi connectivity index (χ1v) is 4.18. The molecule has 0 radical (unpaired) electrons. The fourth-order valence-electron chi connectivity index (χ4n) is 0.348. The van der Waals surface area contributed by atoms with Crippen molar-refractivity contribution < 1.29 is 0 Å². The van der Waals surface area contributed by atoms with Crippen LogP contribution < -0.4 is 0 Å². The van der Waals surface area contributed by atoms with Crippen molar-refractivity contribution in [2.45, 2.75) is 13.3 Å². The molecule has 0 aliphatic heterocycles. The molecule has 0 amide bonds. The maximum atomic E-state index is 3.74. The number of rotatable bonds is 3. The second-order valence-corrected chi connectivity index (χ2v) is 2.81. The van der Waals surface area contributed by atoms with E-state index in [2.05, 4.69) is 41.3 Å². The van der Waals surface area contributed by atoms with Gasteiger partial charge in [-0.1, -0.05) is 46.9 Å². The normalized spacial score (nSPS) is 10.2. The molecule has 0 saturated heterocycles. The molecule has 0 aromatic heterocycles. The predicted molar refractivity (Wildman–Crippen MR) is 47.5 cm³/mol. The lowest BCUT2D eigenvalue weighted by atomic mass is 10.3. The van der Waals surface area contributed by atoms with Gasteiger partial charge < -0.3 is 0 Å². The standard InChI is InChI=1S/C7H11I/c1-7(2)5-3-4-6-8/h3,5H,1,4,6H2,2H3/b5-3+. The fraction of sp³-hybridized carbons (Fsp3) is 0.429. The Kier molecular flexibility index (Phi) is 5.49. The zero-order valence-corrected chi connectivity index (χ0v) is 7.31. The quantitative estimate of drug-likeness (QED) is 0.391. The third kappa shape index (κ3) is 6.21. The summed E-state index contributed by atoms with van der Waals surface area (Å²) < 4.78 is 1.20. The zero-order valence-electron chi connectivity index (χ0n) is 5.15. The minimum atomic E-state index is 1.13. The Morgan fingerprint density at radius 1 is 1.75 bits per heavy atom. The number of halogens is 1. The lowest BCUT2D eigenvalue weighted by Gasteiger charge is -1.82. The van der Waals surface area contributed by atoms with Gasteiger partial charge in [-0.15, -0.1) is 0 Å². The molecule has 0 rings (SSSR count). The van der Waals surface area contributed by atoms with Crippen molar-refractivity contribution in [3.8, 4) is 0 Å². The zero-order chi connectivity index (χ0) is 6.41. The molecule has 0 fully saturated rings. The van der Waals surface area contributed by atoms with E-state index < -0.39 is 0 Å². The average molecular weight is 222 g/mol. The van der Waals surface area contributed by atoms with Crippen LogP contribution in [0.15, 0.2) is 24.3 Å². The van der Waals surface area contributed by atoms with E-state index in [1.165, 1.54) is 4.43 Å². The Morgan fingerprint density at radius 3 is 2.75 bits per heavy atom. The monoisotopic (exact) mass is 222 g/mol. The van der Waals surface area contributed by atoms with Crippen LogP contribution in [-0.2, 0) is 0 Å². The molecule has 1 heteroatoms. The van der Waals surface area contributed by atoms with E-state index in [1.54, 1.807) is 0 Å². The largest absolute Gasteiger partial charge is 0.0961 e. The number of allylic oxidation sites excluding steroid dienone is 3. The summed E-state index contributed by atoms with van der Waals surface area (Å²) in [6.45, 7) is 5.74. The summed E-state index contributed by atoms with van der Waals surface area (Å²) in [7, 11) is 0. The van der Waals surface area contributed by atoms with Gasteiger partial charge in [-0.3, -0.25) is 0 Å². The molecule has 0 heterocycles. The molecule has 0 aromatic carbocycles. The molecular formula is C7H11I. The molecule has 8 heavy (non-hydrogen) atoms. The Labute approximate surface area is 64.8 Å². The van der Waals surface area contributed by atoms with Gasteiger partial charge in [0.15, 0.2) is 0 Å². The molecule has 0 aliphatic carbocycles. The first-order chi connectivity index (χ1) is 3.77. The second kappa shape index (κ2) is 5.35. The molecular weight excluding hydrogens is 211 g/mol. The van der Waals surface area contributed by atoms with Gasteiger partial charge in [0.1, 0.15) is 0 Å². The van der Waals surface area contributed by atoms with Gasteiger partial charge in [-0.2, -0.15) is 0 Å². The minimum Gasteiger partial charge on any atom is -0.0961 e. The van der Waals surface area contributed by atoms with Crippen molar-refractivity contribution in [2.75, 3.05) is 4.43 Å². The van der Waals surface area contributed by atoms with Gasteiger partial charge in [0.2, 0.25) is 0 Å². The Morgan fingerprint density at radius 2 is 2.38 bits per heavy atom. The highest BCUT2D eigenvalue weighted by molar-refractivity contribution is 14.1. The third-order valence-corrected chi connectivity index (χ3v) is 1.30. The summed E-state index contributed by atoms with van der Waals surface area (Å²) >= 11 is 2.35. The maximum absolute atomic E-state index is 3.74. The van der Waals surface area contributed by atoms with Crippen molar-refractivity contribution >= 4 is 22.6 Å². The maximum Gasteiger partial charge on any atom is 0.00300 e. The van der Waals surface area contributed by atoms with Crippen LogP contribution in [0.1, 0.15) is 13.3 Å². The van der Waals surface area contributed by atoms with E-state index in [0.717, 1.165) is 12.0 Å². The van der Waals surface area contributed by atoms with Crippen molar-refractivity contribution in [1.29, 1.82) is 0 Å². The Hall–Kier alpha value is 0.210. The van der Waals surface area contributed by atoms with Crippen LogP contribution in [0, 0.1) is 0 Å². The number of hydrogen-bond acceptors (Lipinski definition) is 0. The fourth-order valence-corrected chi connectivity index (χ4v) is 0.707. The first-order valence-electron chi connectivity index (χ1n) is 2.65. The van der Waals surface area contributed by atoms with Crippen LogP contribution in [0.3, 0.4) is 0 Å². The van der Waals surface area contributed by atoms with E-state index in [0.29, 0.717) is 0 Å². The van der Waals surface area contributed by atoms with E-state index in [9.17, 15) is 0 Å². The lowest BCUT2D eigenvalue weighted by molar-refractivity contribution is 1.27. The summed E-state index contributed by atoms with van der Waals surface area (Å²) in [6.07, 6.45) is 5.36. The molecule has 0 saturated carbocycles. The van der Waals surface area contributed by atoms with Gasteiger partial charge in [0, 0.05) is 4.43 Å². The molecule has 0 N–H and O–H groups in total. The Bertz CT molecular complexity index is 92.6. The first kappa shape index (κ1) is 8.21. The van der Waals surface area contributed by atoms with E-state index in [-0.39, 0.29) is 0 Å². The van der Waals surface area contributed by atoms with E-state index in [1.807, 2.05) is 6.92 Å². The molecule has 0 atom stereocenters. The number of hydrogen-bond donors (Lipinski definition) is 0. The van der Waals surface area contributed by atoms with Gasteiger partial charge in [-0.05, 0) is 13.3 Å². The van der Waals surface area contributed by atoms with Crippen LogP contribution in [0.25, 0.3) is 0 Å². The van der Waals surface area contributed by atoms with Crippen molar-refractivity contribution in [1.82, 2.24) is 0 Å². The van der Waals surface area contributed by atoms with Gasteiger partial charge in [0.25, 0.3) is 0 Å². The van der Waals surface area contributed by atoms with Gasteiger partial charge in [-0.25, -0.2) is 0 Å². The SMILES string of the molecule is C=C(C)/C=C/CCI. The summed E-state index contributed by atoms with van der Waals surface area (Å²) in [6, 6.07) is 0. The summed E-state index contributed by atoms with van der Waals surface area (Å²) in [4.78, 5) is 0. The van der Waals surface area contributed by atoms with Crippen molar-refractivity contribution in [2.24, 2.45) is 0 Å². The molecule has 0 unspecified atom stereocenters. The highest BCUT2D eigenvalue weighted by Crippen LogP contribution is 1.94. The number of alkyl halides is 1. The smallest absolute Gasteiger partial charge is 0.00300 e. The van der Waals surface area contributed by atoms with Gasteiger partial charge >= 0.3 is 0 Å². The predicted octanol–water partition coefficient (Wildman–Crippen LogP) is 2.94. The topological polar surface area (TPSA) is 0 Å². The van der Waals surface area contributed by atoms with Crippen LogP contribution in [-0.4, -0.2) is 4.43 Å². The van der Waals surface area contributed by atoms with Crippen LogP contribution >= 0.6 is 22.6 Å². The molecule has 0 aromatic rings.